The topological polar surface area (TPSA) is 34.1 Å². The first kappa shape index (κ1) is 23.1. The van der Waals surface area contributed by atoms with Crippen molar-refractivity contribution in [3.63, 3.8) is 0 Å². The molecule has 0 amide bonds. The largest absolute Gasteiger partial charge is 0.460 e. The van der Waals surface area contributed by atoms with Crippen molar-refractivity contribution >= 4 is 9.84 Å². The van der Waals surface area contributed by atoms with E-state index in [4.69, 9.17) is 0 Å². The zero-order chi connectivity index (χ0) is 19.8. The Morgan fingerprint density at radius 2 is 0.958 bits per heavy atom. The van der Waals surface area contributed by atoms with Gasteiger partial charge in [0.15, 0.2) is 9.84 Å². The minimum atomic E-state index is -7.18. The smallest absolute Gasteiger partial charge is 0.229 e. The standard InChI is InChI=1S/C9H8F12O2S/c10-5(11,7(15,16)8(17,18)9(19,20)21)1-3-24(22,23)4-2-6(12,13)14/h1-4H2. The lowest BCUT2D eigenvalue weighted by Crippen LogP contribution is -2.61. The predicted octanol–water partition coefficient (Wildman–Crippen LogP) is 4.21. The van der Waals surface area contributed by atoms with Crippen LogP contribution in [-0.2, 0) is 9.84 Å². The van der Waals surface area contributed by atoms with Crippen molar-refractivity contribution in [3.05, 3.63) is 0 Å². The van der Waals surface area contributed by atoms with Gasteiger partial charge in [-0.25, -0.2) is 8.42 Å². The van der Waals surface area contributed by atoms with Crippen molar-refractivity contribution in [2.24, 2.45) is 0 Å². The summed E-state index contributed by atoms with van der Waals surface area (Å²) < 4.78 is 169. The molecule has 0 N–H and O–H groups in total. The molecule has 0 fully saturated rings. The summed E-state index contributed by atoms with van der Waals surface area (Å²) in [5.41, 5.74) is 0. The van der Waals surface area contributed by atoms with Crippen LogP contribution < -0.4 is 0 Å². The molecule has 24 heavy (non-hydrogen) atoms. The van der Waals surface area contributed by atoms with Crippen LogP contribution in [0.4, 0.5) is 52.7 Å². The van der Waals surface area contributed by atoms with Crippen LogP contribution in [0.3, 0.4) is 0 Å². The van der Waals surface area contributed by atoms with Gasteiger partial charge < -0.3 is 0 Å². The van der Waals surface area contributed by atoms with E-state index in [1.807, 2.05) is 0 Å². The van der Waals surface area contributed by atoms with Crippen LogP contribution >= 0.6 is 0 Å². The van der Waals surface area contributed by atoms with Crippen LogP contribution in [-0.4, -0.2) is 50.0 Å². The molecule has 0 unspecified atom stereocenters. The fourth-order valence-corrected chi connectivity index (χ4v) is 2.54. The van der Waals surface area contributed by atoms with E-state index in [2.05, 4.69) is 0 Å². The van der Waals surface area contributed by atoms with Crippen molar-refractivity contribution in [3.8, 4) is 0 Å². The van der Waals surface area contributed by atoms with Crippen LogP contribution in [0.5, 0.6) is 0 Å². The summed E-state index contributed by atoms with van der Waals surface area (Å²) in [5.74, 6) is -24.3. The van der Waals surface area contributed by atoms with Gasteiger partial charge in [-0.05, 0) is 0 Å². The molecule has 2 nitrogen and oxygen atoms in total. The molecule has 0 atom stereocenters. The van der Waals surface area contributed by atoms with Gasteiger partial charge in [-0.3, -0.25) is 0 Å². The van der Waals surface area contributed by atoms with E-state index in [1.54, 1.807) is 0 Å². The molecular formula is C9H8F12O2S. The second-order valence-corrected chi connectivity index (χ2v) is 6.92. The van der Waals surface area contributed by atoms with E-state index in [-0.39, 0.29) is 0 Å². The Morgan fingerprint density at radius 1 is 0.583 bits per heavy atom. The Kier molecular flexibility index (Phi) is 6.20. The Bertz CT molecular complexity index is 530. The zero-order valence-corrected chi connectivity index (χ0v) is 11.9. The van der Waals surface area contributed by atoms with Gasteiger partial charge in [-0.15, -0.1) is 0 Å². The summed E-state index contributed by atoms with van der Waals surface area (Å²) >= 11 is 0. The first-order valence-corrected chi connectivity index (χ1v) is 7.46. The summed E-state index contributed by atoms with van der Waals surface area (Å²) in [6, 6.07) is 0. The van der Waals surface area contributed by atoms with Gasteiger partial charge in [-0.2, -0.15) is 52.7 Å². The number of sulfone groups is 1. The lowest BCUT2D eigenvalue weighted by atomic mass is 10.0. The monoisotopic (exact) mass is 408 g/mol. The zero-order valence-electron chi connectivity index (χ0n) is 11.1. The van der Waals surface area contributed by atoms with Crippen LogP contribution in [0, 0.1) is 0 Å². The molecule has 146 valence electrons. The molecule has 0 bridgehead atoms. The molecule has 0 aliphatic carbocycles. The molecule has 0 heterocycles. The van der Waals surface area contributed by atoms with E-state index in [0.717, 1.165) is 0 Å². The van der Waals surface area contributed by atoms with Crippen molar-refractivity contribution in [1.82, 2.24) is 0 Å². The first-order chi connectivity index (χ1) is 10.2. The third kappa shape index (κ3) is 5.31. The average Bonchev–Trinajstić information content (AvgIpc) is 2.32. The lowest BCUT2D eigenvalue weighted by molar-refractivity contribution is -0.396. The van der Waals surface area contributed by atoms with Crippen molar-refractivity contribution in [2.45, 2.75) is 43.0 Å². The predicted molar refractivity (Wildman–Crippen MR) is 54.8 cm³/mol. The summed E-state index contributed by atoms with van der Waals surface area (Å²) in [6.45, 7) is 0. The highest BCUT2D eigenvalue weighted by atomic mass is 32.2. The molecule has 0 aromatic rings. The highest BCUT2D eigenvalue weighted by Crippen LogP contribution is 2.54. The number of hydrogen-bond acceptors (Lipinski definition) is 2. The quantitative estimate of drug-likeness (QED) is 0.592. The third-order valence-corrected chi connectivity index (χ3v) is 4.29. The Labute approximate surface area is 126 Å². The molecule has 0 spiro atoms. The number of halogens is 12. The maximum absolute atomic E-state index is 13.0. The Balaban J connectivity index is 5.22. The summed E-state index contributed by atoms with van der Waals surface area (Å²) in [4.78, 5) is 0. The number of alkyl halides is 12. The van der Waals surface area contributed by atoms with Gasteiger partial charge >= 0.3 is 30.1 Å². The number of hydrogen-bond donors (Lipinski definition) is 0. The first-order valence-electron chi connectivity index (χ1n) is 5.64. The van der Waals surface area contributed by atoms with Crippen LogP contribution in [0.15, 0.2) is 0 Å². The fraction of sp³-hybridized carbons (Fsp3) is 1.00. The summed E-state index contributed by atoms with van der Waals surface area (Å²) in [7, 11) is -5.05. The fourth-order valence-electron chi connectivity index (χ4n) is 1.22. The van der Waals surface area contributed by atoms with E-state index in [9.17, 15) is 61.1 Å². The van der Waals surface area contributed by atoms with Gasteiger partial charge in [0.05, 0.1) is 17.9 Å². The van der Waals surface area contributed by atoms with Crippen molar-refractivity contribution in [2.75, 3.05) is 11.5 Å². The molecule has 0 aromatic heterocycles. The van der Waals surface area contributed by atoms with Gasteiger partial charge in [-0.1, -0.05) is 0 Å². The van der Waals surface area contributed by atoms with E-state index < -0.39 is 64.3 Å². The minimum absolute atomic E-state index is 1.81. The van der Waals surface area contributed by atoms with Crippen LogP contribution in [0.25, 0.3) is 0 Å². The Morgan fingerprint density at radius 3 is 1.29 bits per heavy atom. The molecule has 0 aliphatic rings. The summed E-state index contributed by atoms with van der Waals surface area (Å²) in [6.07, 6.45) is -16.8. The third-order valence-electron chi connectivity index (χ3n) is 2.63. The van der Waals surface area contributed by atoms with Crippen molar-refractivity contribution in [1.29, 1.82) is 0 Å². The molecule has 0 saturated heterocycles. The van der Waals surface area contributed by atoms with Gasteiger partial charge in [0, 0.05) is 6.42 Å². The van der Waals surface area contributed by atoms with Gasteiger partial charge in [0.2, 0.25) is 0 Å². The molecule has 15 heteroatoms. The lowest BCUT2D eigenvalue weighted by Gasteiger charge is -2.33. The molecule has 0 rings (SSSR count). The molecule has 0 radical (unpaired) electrons. The van der Waals surface area contributed by atoms with Crippen molar-refractivity contribution < 1.29 is 61.1 Å². The minimum Gasteiger partial charge on any atom is -0.229 e. The van der Waals surface area contributed by atoms with Crippen LogP contribution in [0.1, 0.15) is 12.8 Å². The number of rotatable bonds is 7. The van der Waals surface area contributed by atoms with Gasteiger partial charge in [0.1, 0.15) is 0 Å². The van der Waals surface area contributed by atoms with E-state index >= 15 is 0 Å². The highest BCUT2D eigenvalue weighted by molar-refractivity contribution is 7.91. The Hall–Kier alpha value is -0.890. The molecule has 0 aromatic carbocycles. The molecule has 0 saturated carbocycles. The molecule has 0 aliphatic heterocycles. The second-order valence-electron chi connectivity index (χ2n) is 4.62. The normalized spacial score (nSPS) is 15.7. The highest BCUT2D eigenvalue weighted by Gasteiger charge is 2.81. The van der Waals surface area contributed by atoms with Crippen LogP contribution in [0.2, 0.25) is 0 Å². The maximum atomic E-state index is 13.0. The average molecular weight is 408 g/mol. The molecular weight excluding hydrogens is 400 g/mol. The van der Waals surface area contributed by atoms with Gasteiger partial charge in [0.25, 0.3) is 0 Å². The SMILES string of the molecule is O=S(=O)(CCC(F)(F)F)CCC(F)(F)C(F)(F)C(F)(F)C(F)(F)F. The summed E-state index contributed by atoms with van der Waals surface area (Å²) in [5, 5.41) is 0. The second kappa shape index (κ2) is 6.44. The maximum Gasteiger partial charge on any atom is 0.460 e. The van der Waals surface area contributed by atoms with E-state index in [1.165, 1.54) is 0 Å². The van der Waals surface area contributed by atoms with E-state index in [0.29, 0.717) is 0 Å².